The molecular weight excluding hydrogens is 476 g/mol. The van der Waals surface area contributed by atoms with Crippen molar-refractivity contribution < 1.29 is 14.2 Å². The number of hydrogen-bond acceptors (Lipinski definition) is 7. The molecule has 1 unspecified atom stereocenters. The van der Waals surface area contributed by atoms with Gasteiger partial charge in [0.15, 0.2) is 0 Å². The predicted octanol–water partition coefficient (Wildman–Crippen LogP) is 4.87. The summed E-state index contributed by atoms with van der Waals surface area (Å²) >= 11 is 0. The molecule has 1 spiro atoms. The molecule has 200 valence electrons. The van der Waals surface area contributed by atoms with Crippen molar-refractivity contribution in [2.45, 2.75) is 63.7 Å². The van der Waals surface area contributed by atoms with E-state index >= 15 is 0 Å². The van der Waals surface area contributed by atoms with Gasteiger partial charge in [-0.25, -0.2) is 9.97 Å². The van der Waals surface area contributed by atoms with E-state index in [4.69, 9.17) is 24.9 Å². The zero-order chi connectivity index (χ0) is 26.2. The van der Waals surface area contributed by atoms with E-state index in [9.17, 15) is 0 Å². The van der Waals surface area contributed by atoms with Crippen molar-refractivity contribution in [1.29, 1.82) is 0 Å². The highest BCUT2D eigenvalue weighted by Gasteiger charge is 2.49. The predicted molar refractivity (Wildman–Crippen MR) is 148 cm³/mol. The molecule has 3 aliphatic rings. The zero-order valence-corrected chi connectivity index (χ0v) is 22.4. The summed E-state index contributed by atoms with van der Waals surface area (Å²) in [4.78, 5) is 11.4. The molecule has 2 aliphatic heterocycles. The van der Waals surface area contributed by atoms with E-state index in [-0.39, 0.29) is 17.6 Å². The summed E-state index contributed by atoms with van der Waals surface area (Å²) in [7, 11) is 0. The van der Waals surface area contributed by atoms with Gasteiger partial charge in [0, 0.05) is 30.7 Å². The van der Waals surface area contributed by atoms with E-state index in [2.05, 4.69) is 60.1 Å². The fourth-order valence-corrected chi connectivity index (χ4v) is 5.82. The molecule has 7 nitrogen and oxygen atoms in total. The highest BCUT2D eigenvalue weighted by Crippen LogP contribution is 2.39. The lowest BCUT2D eigenvalue weighted by molar-refractivity contribution is -0.127. The maximum Gasteiger partial charge on any atom is 0.225 e. The molecule has 3 aromatic rings. The second kappa shape index (κ2) is 10.2. The smallest absolute Gasteiger partial charge is 0.225 e. The topological polar surface area (TPSA) is 82.7 Å². The van der Waals surface area contributed by atoms with Crippen LogP contribution in [0.2, 0.25) is 0 Å². The summed E-state index contributed by atoms with van der Waals surface area (Å²) in [6.45, 7) is 8.56. The first kappa shape index (κ1) is 25.1. The molecule has 1 saturated carbocycles. The van der Waals surface area contributed by atoms with E-state index in [1.807, 2.05) is 24.4 Å². The first-order valence-electron chi connectivity index (χ1n) is 13.8. The van der Waals surface area contributed by atoms with Gasteiger partial charge in [-0.15, -0.1) is 0 Å². The monoisotopic (exact) mass is 514 g/mol. The van der Waals surface area contributed by atoms with Gasteiger partial charge in [-0.2, -0.15) is 0 Å². The van der Waals surface area contributed by atoms with Gasteiger partial charge in [0.05, 0.1) is 24.3 Å². The van der Waals surface area contributed by atoms with E-state index in [0.29, 0.717) is 12.0 Å². The summed E-state index contributed by atoms with van der Waals surface area (Å²) in [6.07, 6.45) is 6.32. The Kier molecular flexibility index (Phi) is 6.74. The Bertz CT molecular complexity index is 1230. The summed E-state index contributed by atoms with van der Waals surface area (Å²) in [5, 5.41) is 0. The Labute approximate surface area is 225 Å². The Morgan fingerprint density at radius 2 is 1.66 bits per heavy atom. The van der Waals surface area contributed by atoms with Gasteiger partial charge in [0.1, 0.15) is 24.2 Å². The van der Waals surface area contributed by atoms with Gasteiger partial charge in [0.2, 0.25) is 5.95 Å². The van der Waals surface area contributed by atoms with E-state index < -0.39 is 0 Å². The maximum absolute atomic E-state index is 6.21. The SMILES string of the molecule is CC(C)(c1ccc(OCc2ccnc(N3CC4(COC4)C3)n2)cc1)c1ccc(O[C@H]2CCCC(N)C2)cc1. The molecule has 0 amide bonds. The minimum absolute atomic E-state index is 0.147. The lowest BCUT2D eigenvalue weighted by atomic mass is 9.78. The fraction of sp³-hybridized carbons (Fsp3) is 0.484. The van der Waals surface area contributed by atoms with Crippen LogP contribution >= 0.6 is 0 Å². The normalized spacial score (nSPS) is 22.4. The lowest BCUT2D eigenvalue weighted by Gasteiger charge is -2.54. The molecule has 2 atom stereocenters. The summed E-state index contributed by atoms with van der Waals surface area (Å²) < 4.78 is 17.6. The van der Waals surface area contributed by atoms with Gasteiger partial charge in [-0.1, -0.05) is 38.1 Å². The van der Waals surface area contributed by atoms with Gasteiger partial charge >= 0.3 is 0 Å². The number of benzene rings is 2. The summed E-state index contributed by atoms with van der Waals surface area (Å²) in [6, 6.07) is 19.1. The molecule has 0 radical (unpaired) electrons. The number of rotatable bonds is 8. The van der Waals surface area contributed by atoms with Crippen LogP contribution < -0.4 is 20.1 Å². The Balaban J connectivity index is 1.04. The third kappa shape index (κ3) is 5.22. The first-order valence-corrected chi connectivity index (χ1v) is 13.8. The van der Waals surface area contributed by atoms with E-state index in [0.717, 1.165) is 75.1 Å². The van der Waals surface area contributed by atoms with Crippen molar-refractivity contribution in [3.05, 3.63) is 77.6 Å². The van der Waals surface area contributed by atoms with Crippen LogP contribution in [-0.2, 0) is 16.8 Å². The highest BCUT2D eigenvalue weighted by molar-refractivity contribution is 5.42. The molecule has 7 heteroatoms. The molecule has 2 saturated heterocycles. The van der Waals surface area contributed by atoms with Crippen LogP contribution in [-0.4, -0.2) is 48.4 Å². The minimum atomic E-state index is -0.147. The quantitative estimate of drug-likeness (QED) is 0.459. The van der Waals surface area contributed by atoms with Crippen LogP contribution in [0.5, 0.6) is 11.5 Å². The number of hydrogen-bond donors (Lipinski definition) is 1. The van der Waals surface area contributed by atoms with Crippen LogP contribution in [0.3, 0.4) is 0 Å². The number of aromatic nitrogens is 2. The van der Waals surface area contributed by atoms with E-state index in [1.54, 1.807) is 0 Å². The number of anilines is 1. The highest BCUT2D eigenvalue weighted by atomic mass is 16.5. The van der Waals surface area contributed by atoms with Gasteiger partial charge < -0.3 is 24.8 Å². The average Bonchev–Trinajstić information content (AvgIpc) is 2.87. The van der Waals surface area contributed by atoms with Gasteiger partial charge in [0.25, 0.3) is 0 Å². The maximum atomic E-state index is 6.21. The lowest BCUT2D eigenvalue weighted by Crippen LogP contribution is -2.66. The summed E-state index contributed by atoms with van der Waals surface area (Å²) in [5.74, 6) is 2.53. The number of ether oxygens (including phenoxy) is 3. The van der Waals surface area contributed by atoms with Crippen molar-refractivity contribution >= 4 is 5.95 Å². The van der Waals surface area contributed by atoms with Crippen LogP contribution in [0.1, 0.15) is 56.4 Å². The van der Waals surface area contributed by atoms with Gasteiger partial charge in [-0.05, 0) is 67.1 Å². The van der Waals surface area contributed by atoms with Crippen molar-refractivity contribution in [2.24, 2.45) is 11.1 Å². The molecular formula is C31H38N4O3. The van der Waals surface area contributed by atoms with Crippen molar-refractivity contribution in [2.75, 3.05) is 31.2 Å². The molecule has 3 heterocycles. The summed E-state index contributed by atoms with van der Waals surface area (Å²) in [5.41, 5.74) is 9.66. The van der Waals surface area contributed by atoms with Crippen molar-refractivity contribution in [3.63, 3.8) is 0 Å². The molecule has 6 rings (SSSR count). The standard InChI is InChI=1S/C31H38N4O3/c1-30(2,23-8-12-27(13-9-23)38-28-5-3-4-24(32)16-28)22-6-10-26(11-7-22)37-17-25-14-15-33-29(34-25)35-18-31(19-35)20-36-21-31/h6-15,24,28H,3-5,16-21,32H2,1-2H3/t24?,28-/m0/s1. The third-order valence-electron chi connectivity index (χ3n) is 8.36. The molecule has 2 N–H and O–H groups in total. The first-order chi connectivity index (χ1) is 18.4. The largest absolute Gasteiger partial charge is 0.490 e. The second-order valence-electron chi connectivity index (χ2n) is 11.8. The zero-order valence-electron chi connectivity index (χ0n) is 22.4. The molecule has 2 aromatic carbocycles. The van der Waals surface area contributed by atoms with Gasteiger partial charge in [-0.3, -0.25) is 0 Å². The van der Waals surface area contributed by atoms with E-state index in [1.165, 1.54) is 11.1 Å². The Hall–Kier alpha value is -3.16. The Morgan fingerprint density at radius 3 is 2.29 bits per heavy atom. The van der Waals surface area contributed by atoms with Crippen LogP contribution in [0, 0.1) is 5.41 Å². The molecule has 1 aromatic heterocycles. The molecule has 1 aliphatic carbocycles. The molecule has 38 heavy (non-hydrogen) atoms. The second-order valence-corrected chi connectivity index (χ2v) is 11.8. The Morgan fingerprint density at radius 1 is 0.974 bits per heavy atom. The number of nitrogens with zero attached hydrogens (tertiary/aromatic N) is 3. The van der Waals surface area contributed by atoms with Crippen LogP contribution in [0.25, 0.3) is 0 Å². The average molecular weight is 515 g/mol. The fourth-order valence-electron chi connectivity index (χ4n) is 5.82. The van der Waals surface area contributed by atoms with Crippen LogP contribution in [0.15, 0.2) is 60.8 Å². The van der Waals surface area contributed by atoms with Crippen LogP contribution in [0.4, 0.5) is 5.95 Å². The third-order valence-corrected chi connectivity index (χ3v) is 8.36. The number of nitrogens with two attached hydrogens (primary N) is 1. The molecule has 0 bridgehead atoms. The van der Waals surface area contributed by atoms with Crippen molar-refractivity contribution in [3.8, 4) is 11.5 Å². The molecule has 3 fully saturated rings. The minimum Gasteiger partial charge on any atom is -0.490 e. The van der Waals surface area contributed by atoms with Crippen molar-refractivity contribution in [1.82, 2.24) is 9.97 Å².